The van der Waals surface area contributed by atoms with Crippen molar-refractivity contribution < 1.29 is 17.9 Å². The van der Waals surface area contributed by atoms with E-state index in [0.29, 0.717) is 37.7 Å². The van der Waals surface area contributed by atoms with E-state index in [1.807, 2.05) is 35.2 Å². The first kappa shape index (κ1) is 16.4. The molecule has 7 heteroatoms. The molecule has 2 saturated heterocycles. The fourth-order valence-electron chi connectivity index (χ4n) is 3.48. The Balaban J connectivity index is 1.59. The van der Waals surface area contributed by atoms with E-state index in [2.05, 4.69) is 4.72 Å². The van der Waals surface area contributed by atoms with Crippen molar-refractivity contribution in [1.29, 1.82) is 0 Å². The number of nitrogens with one attached hydrogen (secondary N) is 1. The molecule has 126 valence electrons. The van der Waals surface area contributed by atoms with Crippen molar-refractivity contribution in [3.8, 4) is 0 Å². The van der Waals surface area contributed by atoms with E-state index >= 15 is 0 Å². The number of piperidine rings is 1. The summed E-state index contributed by atoms with van der Waals surface area (Å²) in [6.45, 7) is 2.26. The van der Waals surface area contributed by atoms with Gasteiger partial charge in [-0.15, -0.1) is 0 Å². The third-order valence-electron chi connectivity index (χ3n) is 4.65. The maximum absolute atomic E-state index is 12.5. The predicted molar refractivity (Wildman–Crippen MR) is 86.5 cm³/mol. The van der Waals surface area contributed by atoms with E-state index in [1.165, 1.54) is 0 Å². The van der Waals surface area contributed by atoms with Crippen LogP contribution in [0.5, 0.6) is 0 Å². The molecule has 1 aromatic rings. The van der Waals surface area contributed by atoms with Gasteiger partial charge in [-0.25, -0.2) is 13.1 Å². The van der Waals surface area contributed by atoms with Crippen molar-refractivity contribution >= 4 is 15.9 Å². The van der Waals surface area contributed by atoms with Gasteiger partial charge in [0.1, 0.15) is 0 Å². The average Bonchev–Trinajstić information content (AvgIpc) is 2.94. The zero-order valence-electron chi connectivity index (χ0n) is 13.1. The molecule has 2 aliphatic heterocycles. The van der Waals surface area contributed by atoms with Crippen LogP contribution in [0.2, 0.25) is 0 Å². The van der Waals surface area contributed by atoms with Gasteiger partial charge in [-0.1, -0.05) is 18.2 Å². The Hall–Kier alpha value is -1.44. The fourth-order valence-corrected chi connectivity index (χ4v) is 3.95. The molecule has 0 aliphatic carbocycles. The van der Waals surface area contributed by atoms with E-state index in [9.17, 15) is 13.2 Å². The topological polar surface area (TPSA) is 75.7 Å². The first-order valence-electron chi connectivity index (χ1n) is 7.84. The second-order valence-electron chi connectivity index (χ2n) is 6.32. The van der Waals surface area contributed by atoms with Gasteiger partial charge in [0, 0.05) is 31.1 Å². The Morgan fingerprint density at radius 2 is 2.09 bits per heavy atom. The zero-order chi connectivity index (χ0) is 16.4. The van der Waals surface area contributed by atoms with Crippen LogP contribution >= 0.6 is 0 Å². The summed E-state index contributed by atoms with van der Waals surface area (Å²) in [6, 6.07) is 9.29. The first-order valence-corrected chi connectivity index (χ1v) is 9.74. The Morgan fingerprint density at radius 1 is 1.35 bits per heavy atom. The molecule has 0 bridgehead atoms. The first-order chi connectivity index (χ1) is 10.9. The van der Waals surface area contributed by atoms with Crippen LogP contribution in [0.25, 0.3) is 0 Å². The quantitative estimate of drug-likeness (QED) is 0.877. The van der Waals surface area contributed by atoms with Gasteiger partial charge < -0.3 is 9.64 Å². The van der Waals surface area contributed by atoms with Crippen LogP contribution < -0.4 is 4.72 Å². The zero-order valence-corrected chi connectivity index (χ0v) is 14.0. The summed E-state index contributed by atoms with van der Waals surface area (Å²) in [4.78, 5) is 14.4. The molecule has 3 rings (SSSR count). The number of likely N-dealkylation sites (tertiary alicyclic amines) is 1. The highest BCUT2D eigenvalue weighted by Crippen LogP contribution is 2.34. The highest BCUT2D eigenvalue weighted by Gasteiger charge is 2.41. The van der Waals surface area contributed by atoms with Gasteiger partial charge in [0.05, 0.1) is 19.0 Å². The lowest BCUT2D eigenvalue weighted by atomic mass is 9.84. The van der Waals surface area contributed by atoms with E-state index in [1.54, 1.807) is 0 Å². The molecular formula is C16H22N2O4S. The van der Waals surface area contributed by atoms with E-state index < -0.39 is 10.0 Å². The van der Waals surface area contributed by atoms with Crippen LogP contribution in [0, 0.1) is 11.8 Å². The molecule has 2 heterocycles. The summed E-state index contributed by atoms with van der Waals surface area (Å²) in [5, 5.41) is 0. The molecular weight excluding hydrogens is 316 g/mol. The Morgan fingerprint density at radius 3 is 2.78 bits per heavy atom. The second kappa shape index (κ2) is 6.59. The molecule has 1 aromatic carbocycles. The van der Waals surface area contributed by atoms with Crippen molar-refractivity contribution in [2.75, 3.05) is 32.5 Å². The number of nitrogens with zero attached hydrogens (tertiary/aromatic N) is 1. The van der Waals surface area contributed by atoms with Crippen LogP contribution in [0.15, 0.2) is 30.3 Å². The van der Waals surface area contributed by atoms with Crippen molar-refractivity contribution in [3.05, 3.63) is 35.9 Å². The molecule has 23 heavy (non-hydrogen) atoms. The van der Waals surface area contributed by atoms with Gasteiger partial charge in [-0.05, 0) is 24.5 Å². The number of carbonyl (C=O) groups is 1. The molecule has 0 spiro atoms. The van der Waals surface area contributed by atoms with Crippen LogP contribution in [-0.4, -0.2) is 57.8 Å². The monoisotopic (exact) mass is 338 g/mol. The van der Waals surface area contributed by atoms with Crippen LogP contribution in [-0.2, 0) is 14.8 Å². The number of ether oxygens (including phenoxy) is 1. The molecule has 0 saturated carbocycles. The number of benzene rings is 1. The maximum Gasteiger partial charge on any atom is 0.253 e. The SMILES string of the molecule is CS(=O)(=O)NC[C@@H]1OC[C@H]2CN(C(=O)c3ccccc3)CC[C@H]21. The molecule has 1 amide bonds. The summed E-state index contributed by atoms with van der Waals surface area (Å²) in [7, 11) is -3.20. The molecule has 0 unspecified atom stereocenters. The minimum absolute atomic E-state index is 0.0572. The number of hydrogen-bond acceptors (Lipinski definition) is 4. The minimum Gasteiger partial charge on any atom is -0.376 e. The van der Waals surface area contributed by atoms with Crippen LogP contribution in [0.1, 0.15) is 16.8 Å². The highest BCUT2D eigenvalue weighted by molar-refractivity contribution is 7.88. The standard InChI is InChI=1S/C16H22N2O4S/c1-23(20,21)17-9-15-14-7-8-18(10-13(14)11-22-15)16(19)12-5-3-2-4-6-12/h2-6,13-15,17H,7-11H2,1H3/t13-,14-,15+/m1/s1. The number of amides is 1. The third kappa shape index (κ3) is 3.91. The Labute approximate surface area is 136 Å². The molecule has 1 N–H and O–H groups in total. The normalized spacial score (nSPS) is 27.7. The van der Waals surface area contributed by atoms with Crippen molar-refractivity contribution in [2.45, 2.75) is 12.5 Å². The summed E-state index contributed by atoms with van der Waals surface area (Å²) < 4.78 is 30.7. The van der Waals surface area contributed by atoms with Gasteiger partial charge in [-0.3, -0.25) is 4.79 Å². The molecule has 0 aromatic heterocycles. The number of hydrogen-bond donors (Lipinski definition) is 1. The van der Waals surface area contributed by atoms with Crippen molar-refractivity contribution in [2.24, 2.45) is 11.8 Å². The third-order valence-corrected chi connectivity index (χ3v) is 5.34. The lowest BCUT2D eigenvalue weighted by molar-refractivity contribution is 0.0616. The lowest BCUT2D eigenvalue weighted by Gasteiger charge is -2.35. The second-order valence-corrected chi connectivity index (χ2v) is 8.16. The van der Waals surface area contributed by atoms with Crippen LogP contribution in [0.3, 0.4) is 0 Å². The highest BCUT2D eigenvalue weighted by atomic mass is 32.2. The molecule has 0 radical (unpaired) electrons. The predicted octanol–water partition coefficient (Wildman–Crippen LogP) is 0.713. The largest absolute Gasteiger partial charge is 0.376 e. The Bertz CT molecular complexity index is 662. The molecule has 2 aliphatic rings. The van der Waals surface area contributed by atoms with Gasteiger partial charge in [0.25, 0.3) is 5.91 Å². The molecule has 3 atom stereocenters. The van der Waals surface area contributed by atoms with Gasteiger partial charge in [0.2, 0.25) is 10.0 Å². The van der Waals surface area contributed by atoms with Gasteiger partial charge >= 0.3 is 0 Å². The number of sulfonamides is 1. The van der Waals surface area contributed by atoms with E-state index in [-0.39, 0.29) is 17.9 Å². The minimum atomic E-state index is -3.20. The van der Waals surface area contributed by atoms with Crippen molar-refractivity contribution in [3.63, 3.8) is 0 Å². The molecule has 2 fully saturated rings. The summed E-state index contributed by atoms with van der Waals surface area (Å²) in [5.74, 6) is 0.647. The average molecular weight is 338 g/mol. The maximum atomic E-state index is 12.5. The number of rotatable bonds is 4. The smallest absolute Gasteiger partial charge is 0.253 e. The van der Waals surface area contributed by atoms with Gasteiger partial charge in [-0.2, -0.15) is 0 Å². The molecule has 6 nitrogen and oxygen atoms in total. The lowest BCUT2D eigenvalue weighted by Crippen LogP contribution is -2.46. The summed E-state index contributed by atoms with van der Waals surface area (Å²) in [5.41, 5.74) is 0.708. The van der Waals surface area contributed by atoms with E-state index in [0.717, 1.165) is 12.7 Å². The van der Waals surface area contributed by atoms with Crippen molar-refractivity contribution in [1.82, 2.24) is 9.62 Å². The number of fused-ring (bicyclic) bond motifs is 1. The number of carbonyl (C=O) groups excluding carboxylic acids is 1. The van der Waals surface area contributed by atoms with Gasteiger partial charge in [0.15, 0.2) is 0 Å². The summed E-state index contributed by atoms with van der Waals surface area (Å²) >= 11 is 0. The fraction of sp³-hybridized carbons (Fsp3) is 0.562. The van der Waals surface area contributed by atoms with Crippen LogP contribution in [0.4, 0.5) is 0 Å². The summed E-state index contributed by atoms with van der Waals surface area (Å²) in [6.07, 6.45) is 1.91. The Kier molecular flexibility index (Phi) is 4.70. The van der Waals surface area contributed by atoms with E-state index in [4.69, 9.17) is 4.74 Å².